The van der Waals surface area contributed by atoms with Crippen molar-refractivity contribution < 1.29 is 9.59 Å². The average Bonchev–Trinajstić information content (AvgIpc) is 2.68. The maximum atomic E-state index is 12.4. The molecule has 2 amide bonds. The zero-order valence-corrected chi connectivity index (χ0v) is 18.1. The zero-order chi connectivity index (χ0) is 21.0. The van der Waals surface area contributed by atoms with Gasteiger partial charge in [0.2, 0.25) is 5.91 Å². The van der Waals surface area contributed by atoms with E-state index >= 15 is 0 Å². The summed E-state index contributed by atoms with van der Waals surface area (Å²) in [4.78, 5) is 28.0. The Hall–Kier alpha value is -2.35. The lowest BCUT2D eigenvalue weighted by Gasteiger charge is -2.36. The van der Waals surface area contributed by atoms with E-state index in [2.05, 4.69) is 15.5 Å². The van der Waals surface area contributed by atoms with Crippen molar-refractivity contribution in [3.63, 3.8) is 0 Å². The predicted molar refractivity (Wildman–Crippen MR) is 121 cm³/mol. The Bertz CT molecular complexity index is 946. The van der Waals surface area contributed by atoms with Crippen LogP contribution in [-0.2, 0) is 4.79 Å². The van der Waals surface area contributed by atoms with Crippen molar-refractivity contribution in [1.82, 2.24) is 10.2 Å². The Balaban J connectivity index is 1.67. The highest BCUT2D eigenvalue weighted by atomic mass is 35.5. The van der Waals surface area contributed by atoms with E-state index in [9.17, 15) is 9.59 Å². The summed E-state index contributed by atoms with van der Waals surface area (Å²) in [5, 5.41) is 6.59. The minimum absolute atomic E-state index is 0.0841. The van der Waals surface area contributed by atoms with Gasteiger partial charge in [-0.1, -0.05) is 35.3 Å². The van der Waals surface area contributed by atoms with Crippen LogP contribution in [-0.4, -0.2) is 48.0 Å². The van der Waals surface area contributed by atoms with Crippen molar-refractivity contribution >= 4 is 63.7 Å². The van der Waals surface area contributed by atoms with Gasteiger partial charge in [0.1, 0.15) is 0 Å². The second-order valence-corrected chi connectivity index (χ2v) is 7.79. The molecular weight excluding hydrogens is 431 g/mol. The van der Waals surface area contributed by atoms with E-state index in [4.69, 9.17) is 35.4 Å². The largest absolute Gasteiger partial charge is 0.366 e. The molecule has 1 aliphatic rings. The SMILES string of the molecule is CC(=O)N1CCN(c2ccccc2NC(=S)NC(=O)c2ccc(Cl)cc2Cl)CC1. The predicted octanol–water partition coefficient (Wildman–Crippen LogP) is 3.79. The van der Waals surface area contributed by atoms with Crippen LogP contribution in [0.1, 0.15) is 17.3 Å². The van der Waals surface area contributed by atoms with E-state index in [0.29, 0.717) is 18.1 Å². The monoisotopic (exact) mass is 450 g/mol. The molecule has 1 aliphatic heterocycles. The van der Waals surface area contributed by atoms with Crippen LogP contribution in [0.3, 0.4) is 0 Å². The molecule has 0 saturated carbocycles. The summed E-state index contributed by atoms with van der Waals surface area (Å²) < 4.78 is 0. The van der Waals surface area contributed by atoms with Crippen LogP contribution in [0.15, 0.2) is 42.5 Å². The molecule has 0 bridgehead atoms. The first kappa shape index (κ1) is 21.4. The molecule has 2 aromatic carbocycles. The van der Waals surface area contributed by atoms with E-state index < -0.39 is 5.91 Å². The summed E-state index contributed by atoms with van der Waals surface area (Å²) in [7, 11) is 0. The molecule has 1 saturated heterocycles. The summed E-state index contributed by atoms with van der Waals surface area (Å²) in [5.41, 5.74) is 2.02. The lowest BCUT2D eigenvalue weighted by atomic mass is 10.2. The smallest absolute Gasteiger partial charge is 0.258 e. The van der Waals surface area contributed by atoms with Crippen LogP contribution in [0.4, 0.5) is 11.4 Å². The van der Waals surface area contributed by atoms with Gasteiger partial charge < -0.3 is 15.1 Å². The first-order valence-corrected chi connectivity index (χ1v) is 10.2. The van der Waals surface area contributed by atoms with Crippen molar-refractivity contribution in [1.29, 1.82) is 0 Å². The molecule has 0 aromatic heterocycles. The van der Waals surface area contributed by atoms with Gasteiger partial charge in [-0.25, -0.2) is 0 Å². The molecule has 1 heterocycles. The van der Waals surface area contributed by atoms with Crippen LogP contribution in [0.5, 0.6) is 0 Å². The Morgan fingerprint density at radius 2 is 1.72 bits per heavy atom. The normalized spacial score (nSPS) is 13.8. The molecule has 3 rings (SSSR count). The van der Waals surface area contributed by atoms with Gasteiger partial charge in [-0.05, 0) is 42.5 Å². The van der Waals surface area contributed by atoms with Crippen LogP contribution < -0.4 is 15.5 Å². The molecule has 29 heavy (non-hydrogen) atoms. The van der Waals surface area contributed by atoms with Gasteiger partial charge in [-0.2, -0.15) is 0 Å². The van der Waals surface area contributed by atoms with Crippen LogP contribution >= 0.6 is 35.4 Å². The number of nitrogens with one attached hydrogen (secondary N) is 2. The third kappa shape index (κ3) is 5.38. The minimum Gasteiger partial charge on any atom is -0.366 e. The molecular formula is C20H20Cl2N4O2S. The maximum Gasteiger partial charge on any atom is 0.258 e. The number of rotatable bonds is 3. The number of amides is 2. The molecule has 0 spiro atoms. The molecule has 0 atom stereocenters. The molecule has 152 valence electrons. The lowest BCUT2D eigenvalue weighted by molar-refractivity contribution is -0.129. The summed E-state index contributed by atoms with van der Waals surface area (Å²) in [6, 6.07) is 12.3. The van der Waals surface area contributed by atoms with Gasteiger partial charge in [0.15, 0.2) is 5.11 Å². The summed E-state index contributed by atoms with van der Waals surface area (Å²) >= 11 is 17.3. The fourth-order valence-corrected chi connectivity index (χ4v) is 3.81. The summed E-state index contributed by atoms with van der Waals surface area (Å²) in [6.07, 6.45) is 0. The number of anilines is 2. The maximum absolute atomic E-state index is 12.4. The molecule has 9 heteroatoms. The van der Waals surface area contributed by atoms with Crippen molar-refractivity contribution in [2.24, 2.45) is 0 Å². The third-order valence-electron chi connectivity index (χ3n) is 4.62. The number of para-hydroxylation sites is 2. The van der Waals surface area contributed by atoms with Gasteiger partial charge >= 0.3 is 0 Å². The molecule has 2 aromatic rings. The van der Waals surface area contributed by atoms with Crippen molar-refractivity contribution in [3.8, 4) is 0 Å². The molecule has 1 fully saturated rings. The molecule has 6 nitrogen and oxygen atoms in total. The topological polar surface area (TPSA) is 64.7 Å². The number of hydrogen-bond acceptors (Lipinski definition) is 4. The molecule has 0 aliphatic carbocycles. The second-order valence-electron chi connectivity index (χ2n) is 6.54. The van der Waals surface area contributed by atoms with Crippen molar-refractivity contribution in [2.75, 3.05) is 36.4 Å². The van der Waals surface area contributed by atoms with Gasteiger partial charge in [-0.3, -0.25) is 14.9 Å². The highest BCUT2D eigenvalue weighted by molar-refractivity contribution is 7.80. The first-order valence-electron chi connectivity index (χ1n) is 9.02. The number of thiocarbonyl (C=S) groups is 1. The van der Waals surface area contributed by atoms with Crippen molar-refractivity contribution in [3.05, 3.63) is 58.1 Å². The molecule has 0 radical (unpaired) electrons. The fourth-order valence-electron chi connectivity index (χ4n) is 3.11. The van der Waals surface area contributed by atoms with E-state index in [-0.39, 0.29) is 21.6 Å². The number of carbonyl (C=O) groups excluding carboxylic acids is 2. The number of nitrogens with zero attached hydrogens (tertiary/aromatic N) is 2. The van der Waals surface area contributed by atoms with Gasteiger partial charge in [0, 0.05) is 38.1 Å². The number of hydrogen-bond donors (Lipinski definition) is 2. The number of halogens is 2. The molecule has 0 unspecified atom stereocenters. The highest BCUT2D eigenvalue weighted by Gasteiger charge is 2.21. The lowest BCUT2D eigenvalue weighted by Crippen LogP contribution is -2.48. The zero-order valence-electron chi connectivity index (χ0n) is 15.7. The Morgan fingerprint density at radius 3 is 2.38 bits per heavy atom. The first-order chi connectivity index (χ1) is 13.8. The number of piperazine rings is 1. The van der Waals surface area contributed by atoms with Crippen LogP contribution in [0, 0.1) is 0 Å². The van der Waals surface area contributed by atoms with Gasteiger partial charge in [-0.15, -0.1) is 0 Å². The van der Waals surface area contributed by atoms with E-state index in [1.807, 2.05) is 29.2 Å². The van der Waals surface area contributed by atoms with E-state index in [1.54, 1.807) is 19.1 Å². The quantitative estimate of drug-likeness (QED) is 0.696. The Kier molecular flexibility index (Phi) is 6.95. The number of benzene rings is 2. The van der Waals surface area contributed by atoms with Crippen LogP contribution in [0.25, 0.3) is 0 Å². The Morgan fingerprint density at radius 1 is 1.03 bits per heavy atom. The standard InChI is InChI=1S/C20H20Cl2N4O2S/c1-13(27)25-8-10-26(11-9-25)18-5-3-2-4-17(18)23-20(29)24-19(28)15-7-6-14(21)12-16(15)22/h2-7,12H,8-11H2,1H3,(H2,23,24,28,29). The Labute approximate surface area is 184 Å². The van der Waals surface area contributed by atoms with Gasteiger partial charge in [0.25, 0.3) is 5.91 Å². The summed E-state index contributed by atoms with van der Waals surface area (Å²) in [6.45, 7) is 4.36. The van der Waals surface area contributed by atoms with Gasteiger partial charge in [0.05, 0.1) is 22.0 Å². The van der Waals surface area contributed by atoms with Crippen LogP contribution in [0.2, 0.25) is 10.0 Å². The minimum atomic E-state index is -0.420. The van der Waals surface area contributed by atoms with E-state index in [1.165, 1.54) is 6.07 Å². The van der Waals surface area contributed by atoms with E-state index in [0.717, 1.165) is 24.5 Å². The molecule has 2 N–H and O–H groups in total. The fraction of sp³-hybridized carbons (Fsp3) is 0.250. The summed E-state index contributed by atoms with van der Waals surface area (Å²) in [5.74, 6) is -0.336. The van der Waals surface area contributed by atoms with Crippen molar-refractivity contribution in [2.45, 2.75) is 6.92 Å². The third-order valence-corrected chi connectivity index (χ3v) is 5.37. The second kappa shape index (κ2) is 9.43. The highest BCUT2D eigenvalue weighted by Crippen LogP contribution is 2.27. The average molecular weight is 451 g/mol. The number of carbonyl (C=O) groups is 2.